The molecule has 190 valence electrons. The Balaban J connectivity index is 1.20. The van der Waals surface area contributed by atoms with Crippen molar-refractivity contribution >= 4 is 5.82 Å². The van der Waals surface area contributed by atoms with Gasteiger partial charge in [-0.3, -0.25) is 4.57 Å². The number of nitrogens with zero attached hydrogens (tertiary/aromatic N) is 3. The number of ether oxygens (including phenoxy) is 2. The van der Waals surface area contributed by atoms with Crippen molar-refractivity contribution in [2.24, 2.45) is 5.92 Å². The number of aliphatic hydroxyl groups is 1. The average Bonchev–Trinajstić information content (AvgIpc) is 3.32. The maximum absolute atomic E-state index is 12.9. The van der Waals surface area contributed by atoms with Gasteiger partial charge in [0.15, 0.2) is 0 Å². The van der Waals surface area contributed by atoms with E-state index in [4.69, 9.17) is 9.47 Å². The van der Waals surface area contributed by atoms with Crippen LogP contribution >= 0.6 is 0 Å². The number of benzene rings is 2. The van der Waals surface area contributed by atoms with E-state index in [0.29, 0.717) is 24.6 Å². The normalized spacial score (nSPS) is 20.8. The fraction of sp³-hybridized carbons (Fsp3) is 0.385. The van der Waals surface area contributed by atoms with E-state index in [1.165, 1.54) is 12.1 Å². The minimum Gasteiger partial charge on any atom is -0.477 e. The van der Waals surface area contributed by atoms with E-state index in [9.17, 15) is 23.1 Å². The molecule has 7 nitrogen and oxygen atoms in total. The second-order valence-electron chi connectivity index (χ2n) is 9.49. The van der Waals surface area contributed by atoms with Gasteiger partial charge in [0.2, 0.25) is 5.88 Å². The smallest absolute Gasteiger partial charge is 0.416 e. The van der Waals surface area contributed by atoms with Gasteiger partial charge in [0.05, 0.1) is 30.9 Å². The predicted octanol–water partition coefficient (Wildman–Crippen LogP) is 4.27. The number of fused-ring (bicyclic) bond motifs is 3. The summed E-state index contributed by atoms with van der Waals surface area (Å²) < 4.78 is 51.6. The highest BCUT2D eigenvalue weighted by atomic mass is 19.4. The topological polar surface area (TPSA) is 76.8 Å². The predicted molar refractivity (Wildman–Crippen MR) is 127 cm³/mol. The fourth-order valence-corrected chi connectivity index (χ4v) is 5.10. The maximum atomic E-state index is 12.9. The van der Waals surface area contributed by atoms with Gasteiger partial charge in [0.1, 0.15) is 17.3 Å². The van der Waals surface area contributed by atoms with Crippen molar-refractivity contribution in [3.8, 4) is 17.4 Å². The summed E-state index contributed by atoms with van der Waals surface area (Å²) in [6.45, 7) is 3.57. The Kier molecular flexibility index (Phi) is 6.15. The third-order valence-corrected chi connectivity index (χ3v) is 6.75. The van der Waals surface area contributed by atoms with Gasteiger partial charge in [-0.15, -0.1) is 0 Å². The monoisotopic (exact) mass is 501 g/mol. The highest BCUT2D eigenvalue weighted by Crippen LogP contribution is 2.43. The van der Waals surface area contributed by atoms with Gasteiger partial charge < -0.3 is 19.5 Å². The van der Waals surface area contributed by atoms with Gasteiger partial charge in [0, 0.05) is 19.0 Å². The van der Waals surface area contributed by atoms with Crippen molar-refractivity contribution in [3.63, 3.8) is 0 Å². The van der Waals surface area contributed by atoms with Gasteiger partial charge in [-0.05, 0) is 48.2 Å². The minimum atomic E-state index is -4.43. The molecule has 0 radical (unpaired) electrons. The molecule has 1 fully saturated rings. The summed E-state index contributed by atoms with van der Waals surface area (Å²) in [6.07, 6.45) is -3.09. The maximum Gasteiger partial charge on any atom is 0.416 e. The number of hydrogen-bond donors (Lipinski definition) is 1. The Hall–Kier alpha value is -3.53. The Morgan fingerprint density at radius 1 is 1.14 bits per heavy atom. The lowest BCUT2D eigenvalue weighted by molar-refractivity contribution is -0.137. The number of halogens is 3. The van der Waals surface area contributed by atoms with Crippen LogP contribution in [0.15, 0.2) is 59.4 Å². The highest BCUT2D eigenvalue weighted by Gasteiger charge is 2.50. The molecule has 0 aliphatic carbocycles. The number of rotatable bonds is 7. The minimum absolute atomic E-state index is 0.0257. The van der Waals surface area contributed by atoms with Crippen LogP contribution in [0.2, 0.25) is 0 Å². The molecule has 2 aliphatic heterocycles. The summed E-state index contributed by atoms with van der Waals surface area (Å²) in [6, 6.07) is 13.4. The molecule has 1 N–H and O–H groups in total. The van der Waals surface area contributed by atoms with Gasteiger partial charge in [-0.2, -0.15) is 18.2 Å². The zero-order valence-electron chi connectivity index (χ0n) is 19.7. The number of anilines is 1. The number of aliphatic hydroxyl groups excluding tert-OH is 1. The van der Waals surface area contributed by atoms with Crippen LogP contribution in [-0.4, -0.2) is 40.0 Å². The molecule has 5 rings (SSSR count). The van der Waals surface area contributed by atoms with E-state index in [1.54, 1.807) is 34.9 Å². The molecule has 0 amide bonds. The number of aromatic nitrogens is 2. The molecule has 0 bridgehead atoms. The van der Waals surface area contributed by atoms with Crippen molar-refractivity contribution < 1.29 is 27.8 Å². The first-order valence-corrected chi connectivity index (χ1v) is 11.7. The highest BCUT2D eigenvalue weighted by molar-refractivity contribution is 5.51. The summed E-state index contributed by atoms with van der Waals surface area (Å²) in [5.41, 5.74) is -0.690. The molecule has 1 aromatic heterocycles. The summed E-state index contributed by atoms with van der Waals surface area (Å²) in [4.78, 5) is 18.7. The van der Waals surface area contributed by atoms with Crippen LogP contribution in [0.4, 0.5) is 19.0 Å². The van der Waals surface area contributed by atoms with Crippen LogP contribution < -0.4 is 20.1 Å². The first-order chi connectivity index (χ1) is 17.2. The van der Waals surface area contributed by atoms with Crippen LogP contribution in [0.25, 0.3) is 0 Å². The average molecular weight is 502 g/mol. The van der Waals surface area contributed by atoms with E-state index >= 15 is 0 Å². The summed E-state index contributed by atoms with van der Waals surface area (Å²) in [5.74, 6) is 1.90. The van der Waals surface area contributed by atoms with Crippen LogP contribution in [0.5, 0.6) is 17.4 Å². The molecule has 3 heterocycles. The van der Waals surface area contributed by atoms with Crippen molar-refractivity contribution in [3.05, 3.63) is 76.2 Å². The lowest BCUT2D eigenvalue weighted by Crippen LogP contribution is -2.45. The Morgan fingerprint density at radius 2 is 1.92 bits per heavy atom. The van der Waals surface area contributed by atoms with Crippen molar-refractivity contribution in [1.29, 1.82) is 0 Å². The molecule has 2 aromatic carbocycles. The lowest BCUT2D eigenvalue weighted by atomic mass is 9.94. The van der Waals surface area contributed by atoms with Gasteiger partial charge in [-0.25, -0.2) is 4.79 Å². The number of hydrogen-bond acceptors (Lipinski definition) is 6. The molecular weight excluding hydrogens is 475 g/mol. The third-order valence-electron chi connectivity index (χ3n) is 6.75. The van der Waals surface area contributed by atoms with Crippen molar-refractivity contribution in [2.75, 3.05) is 24.7 Å². The first-order valence-electron chi connectivity index (χ1n) is 11.7. The molecule has 0 unspecified atom stereocenters. The second-order valence-corrected chi connectivity index (χ2v) is 9.49. The van der Waals surface area contributed by atoms with Crippen LogP contribution in [0.3, 0.4) is 0 Å². The molecule has 0 saturated carbocycles. The van der Waals surface area contributed by atoms with Gasteiger partial charge in [-0.1, -0.05) is 25.1 Å². The first kappa shape index (κ1) is 24.2. The number of alkyl halides is 3. The van der Waals surface area contributed by atoms with Crippen LogP contribution in [0.1, 0.15) is 24.5 Å². The van der Waals surface area contributed by atoms with Gasteiger partial charge >= 0.3 is 11.9 Å². The second kappa shape index (κ2) is 9.16. The van der Waals surface area contributed by atoms with Crippen molar-refractivity contribution in [2.45, 2.75) is 38.0 Å². The Morgan fingerprint density at radius 3 is 2.64 bits per heavy atom. The third kappa shape index (κ3) is 4.65. The zero-order chi connectivity index (χ0) is 25.5. The SMILES string of the molecule is C[C@H]1CN2c3cc(OCCc4ccc(Oc5cccc(C(F)(F)F)c5)cc4)nc(=O)n3C[C@@]2(CO)C1. The van der Waals surface area contributed by atoms with E-state index in [2.05, 4.69) is 16.8 Å². The summed E-state index contributed by atoms with van der Waals surface area (Å²) in [7, 11) is 0. The molecule has 10 heteroatoms. The van der Waals surface area contributed by atoms with E-state index < -0.39 is 23.0 Å². The largest absolute Gasteiger partial charge is 0.477 e. The Bertz CT molecular complexity index is 1310. The molecular formula is C26H26F3N3O4. The van der Waals surface area contributed by atoms with E-state index in [0.717, 1.165) is 36.5 Å². The van der Waals surface area contributed by atoms with Crippen LogP contribution in [-0.2, 0) is 19.1 Å². The van der Waals surface area contributed by atoms with Crippen molar-refractivity contribution in [1.82, 2.24) is 9.55 Å². The van der Waals surface area contributed by atoms with E-state index in [-0.39, 0.29) is 24.8 Å². The zero-order valence-corrected chi connectivity index (χ0v) is 19.7. The Labute approximate surface area is 205 Å². The summed E-state index contributed by atoms with van der Waals surface area (Å²) in [5, 5.41) is 10.0. The standard InChI is InChI=1S/C26H26F3N3O4/c1-17-13-25(16-33)15-31-23(32(25)14-17)12-22(30-24(31)34)35-10-9-18-5-7-20(8-6-18)36-21-4-2-3-19(11-21)26(27,28)29/h2-8,11-12,17,33H,9-10,13-16H2,1H3/t17-,25-/m1/s1. The molecule has 36 heavy (non-hydrogen) atoms. The van der Waals surface area contributed by atoms with Crippen LogP contribution in [0, 0.1) is 5.92 Å². The molecule has 1 saturated heterocycles. The van der Waals surface area contributed by atoms with E-state index in [1.807, 2.05) is 0 Å². The molecule has 2 aliphatic rings. The quantitative estimate of drug-likeness (QED) is 0.521. The molecule has 2 atom stereocenters. The lowest BCUT2D eigenvalue weighted by Gasteiger charge is -2.30. The summed E-state index contributed by atoms with van der Waals surface area (Å²) >= 11 is 0. The molecule has 3 aromatic rings. The van der Waals surface area contributed by atoms with Gasteiger partial charge in [0.25, 0.3) is 0 Å². The fourth-order valence-electron chi connectivity index (χ4n) is 5.10. The molecule has 0 spiro atoms.